The third-order valence-corrected chi connectivity index (χ3v) is 4.30. The van der Waals surface area contributed by atoms with Crippen molar-refractivity contribution in [2.75, 3.05) is 16.8 Å². The van der Waals surface area contributed by atoms with E-state index in [1.165, 1.54) is 6.92 Å². The maximum Gasteiger partial charge on any atom is 0.226 e. The molecule has 0 aromatic heterocycles. The zero-order valence-corrected chi connectivity index (χ0v) is 15.6. The Bertz CT molecular complexity index is 774. The van der Waals surface area contributed by atoms with Gasteiger partial charge in [0.25, 0.3) is 0 Å². The summed E-state index contributed by atoms with van der Waals surface area (Å²) in [6.45, 7) is 5.76. The fourth-order valence-corrected chi connectivity index (χ4v) is 2.97. The summed E-state index contributed by atoms with van der Waals surface area (Å²) in [6, 6.07) is 13.1. The zero-order chi connectivity index (χ0) is 18.4. The SMILES string of the molecule is CCc1ccccc1NC(=O)CCN(C(C)=O)c1ccc(Cl)cc1C. The second-order valence-corrected chi connectivity index (χ2v) is 6.35. The number of amides is 2. The van der Waals surface area contributed by atoms with Gasteiger partial charge in [-0.15, -0.1) is 0 Å². The Balaban J connectivity index is 2.06. The molecule has 2 aromatic rings. The Labute approximate surface area is 153 Å². The maximum absolute atomic E-state index is 12.3. The molecule has 0 aliphatic carbocycles. The Morgan fingerprint density at radius 2 is 1.88 bits per heavy atom. The Morgan fingerprint density at radius 1 is 1.16 bits per heavy atom. The first-order valence-electron chi connectivity index (χ1n) is 8.34. The molecule has 0 aliphatic heterocycles. The molecule has 1 N–H and O–H groups in total. The van der Waals surface area contributed by atoms with E-state index in [1.807, 2.05) is 50.2 Å². The first-order valence-corrected chi connectivity index (χ1v) is 8.72. The number of hydrogen-bond acceptors (Lipinski definition) is 2. The van der Waals surface area contributed by atoms with Gasteiger partial charge >= 0.3 is 0 Å². The van der Waals surface area contributed by atoms with Gasteiger partial charge in [-0.1, -0.05) is 36.7 Å². The normalized spacial score (nSPS) is 10.4. The molecule has 0 saturated heterocycles. The smallest absolute Gasteiger partial charge is 0.226 e. The van der Waals surface area contributed by atoms with Crippen molar-refractivity contribution in [3.63, 3.8) is 0 Å². The number of rotatable bonds is 6. The highest BCUT2D eigenvalue weighted by atomic mass is 35.5. The van der Waals surface area contributed by atoms with Crippen LogP contribution in [0, 0.1) is 6.92 Å². The van der Waals surface area contributed by atoms with Crippen molar-refractivity contribution >= 4 is 34.8 Å². The number of aryl methyl sites for hydroxylation is 2. The molecule has 0 aliphatic rings. The van der Waals surface area contributed by atoms with Gasteiger partial charge in [-0.2, -0.15) is 0 Å². The third-order valence-electron chi connectivity index (χ3n) is 4.06. The second-order valence-electron chi connectivity index (χ2n) is 5.91. The molecule has 4 nitrogen and oxygen atoms in total. The minimum atomic E-state index is -0.112. The van der Waals surface area contributed by atoms with Gasteiger partial charge in [-0.05, 0) is 48.7 Å². The van der Waals surface area contributed by atoms with Crippen LogP contribution in [-0.2, 0) is 16.0 Å². The van der Waals surface area contributed by atoms with E-state index in [1.54, 1.807) is 11.0 Å². The van der Waals surface area contributed by atoms with Crippen LogP contribution in [0.4, 0.5) is 11.4 Å². The number of anilines is 2. The first-order chi connectivity index (χ1) is 11.9. The van der Waals surface area contributed by atoms with E-state index in [4.69, 9.17) is 11.6 Å². The molecule has 2 amide bonds. The number of nitrogens with zero attached hydrogens (tertiary/aromatic N) is 1. The van der Waals surface area contributed by atoms with Gasteiger partial charge in [0, 0.05) is 36.3 Å². The summed E-state index contributed by atoms with van der Waals surface area (Å²) in [5.74, 6) is -0.217. The lowest BCUT2D eigenvalue weighted by molar-refractivity contribution is -0.117. The van der Waals surface area contributed by atoms with Crippen LogP contribution in [0.2, 0.25) is 5.02 Å². The summed E-state index contributed by atoms with van der Waals surface area (Å²) in [7, 11) is 0. The quantitative estimate of drug-likeness (QED) is 0.820. The number of carbonyl (C=O) groups excluding carboxylic acids is 2. The Morgan fingerprint density at radius 3 is 2.52 bits per heavy atom. The molecule has 0 spiro atoms. The average molecular weight is 359 g/mol. The Kier molecular flexibility index (Phi) is 6.59. The lowest BCUT2D eigenvalue weighted by atomic mass is 10.1. The van der Waals surface area contributed by atoms with Crippen LogP contribution in [0.1, 0.15) is 31.4 Å². The number of hydrogen-bond donors (Lipinski definition) is 1. The molecule has 2 rings (SSSR count). The second kappa shape index (κ2) is 8.67. The van der Waals surface area contributed by atoms with Crippen LogP contribution in [0.3, 0.4) is 0 Å². The Hall–Kier alpha value is -2.33. The van der Waals surface area contributed by atoms with Gasteiger partial charge in [0.2, 0.25) is 11.8 Å². The van der Waals surface area contributed by atoms with Crippen LogP contribution >= 0.6 is 11.6 Å². The topological polar surface area (TPSA) is 49.4 Å². The van der Waals surface area contributed by atoms with E-state index in [2.05, 4.69) is 5.32 Å². The zero-order valence-electron chi connectivity index (χ0n) is 14.8. The molecule has 0 unspecified atom stereocenters. The molecule has 0 saturated carbocycles. The van der Waals surface area contributed by atoms with Gasteiger partial charge in [0.1, 0.15) is 0 Å². The first kappa shape index (κ1) is 19.0. The van der Waals surface area contributed by atoms with Crippen molar-refractivity contribution < 1.29 is 9.59 Å². The van der Waals surface area contributed by atoms with Crippen LogP contribution in [-0.4, -0.2) is 18.4 Å². The molecular weight excluding hydrogens is 336 g/mol. The molecule has 0 bridgehead atoms. The molecular formula is C20H23ClN2O2. The predicted molar refractivity (Wildman–Crippen MR) is 103 cm³/mol. The van der Waals surface area contributed by atoms with Crippen molar-refractivity contribution in [2.45, 2.75) is 33.6 Å². The molecule has 132 valence electrons. The minimum Gasteiger partial charge on any atom is -0.326 e. The van der Waals surface area contributed by atoms with Gasteiger partial charge < -0.3 is 10.2 Å². The van der Waals surface area contributed by atoms with Gasteiger partial charge in [0.15, 0.2) is 0 Å². The highest BCUT2D eigenvalue weighted by molar-refractivity contribution is 6.30. The fraction of sp³-hybridized carbons (Fsp3) is 0.300. The van der Waals surface area contributed by atoms with Gasteiger partial charge in [-0.25, -0.2) is 0 Å². The summed E-state index contributed by atoms with van der Waals surface area (Å²) >= 11 is 5.98. The van der Waals surface area contributed by atoms with Crippen molar-refractivity contribution in [3.05, 3.63) is 58.6 Å². The maximum atomic E-state index is 12.3. The van der Waals surface area contributed by atoms with Gasteiger partial charge in [-0.3, -0.25) is 9.59 Å². The molecule has 5 heteroatoms. The van der Waals surface area contributed by atoms with Crippen molar-refractivity contribution in [3.8, 4) is 0 Å². The minimum absolute atomic E-state index is 0.104. The van der Waals surface area contributed by atoms with Crippen LogP contribution < -0.4 is 10.2 Å². The summed E-state index contributed by atoms with van der Waals surface area (Å²) in [4.78, 5) is 25.9. The lowest BCUT2D eigenvalue weighted by Crippen LogP contribution is -2.32. The highest BCUT2D eigenvalue weighted by Gasteiger charge is 2.16. The standard InChI is InChI=1S/C20H23ClN2O2/c1-4-16-7-5-6-8-18(16)22-20(25)11-12-23(15(3)24)19-10-9-17(21)13-14(19)2/h5-10,13H,4,11-12H2,1-3H3,(H,22,25). The number of nitrogens with one attached hydrogen (secondary N) is 1. The van der Waals surface area contributed by atoms with E-state index >= 15 is 0 Å². The van der Waals surface area contributed by atoms with E-state index < -0.39 is 0 Å². The fourth-order valence-electron chi connectivity index (χ4n) is 2.75. The molecule has 25 heavy (non-hydrogen) atoms. The summed E-state index contributed by atoms with van der Waals surface area (Å²) in [5.41, 5.74) is 3.60. The van der Waals surface area contributed by atoms with E-state index in [-0.39, 0.29) is 18.2 Å². The van der Waals surface area contributed by atoms with Gasteiger partial charge in [0.05, 0.1) is 0 Å². The van der Waals surface area contributed by atoms with Crippen molar-refractivity contribution in [1.29, 1.82) is 0 Å². The molecule has 2 aromatic carbocycles. The molecule has 0 atom stereocenters. The number of halogens is 1. The largest absolute Gasteiger partial charge is 0.326 e. The van der Waals surface area contributed by atoms with Crippen LogP contribution in [0.25, 0.3) is 0 Å². The van der Waals surface area contributed by atoms with Crippen molar-refractivity contribution in [2.24, 2.45) is 0 Å². The number of benzene rings is 2. The van der Waals surface area contributed by atoms with Crippen molar-refractivity contribution in [1.82, 2.24) is 0 Å². The predicted octanol–water partition coefficient (Wildman–Crippen LogP) is 4.59. The van der Waals surface area contributed by atoms with E-state index in [9.17, 15) is 9.59 Å². The van der Waals surface area contributed by atoms with Crippen LogP contribution in [0.15, 0.2) is 42.5 Å². The third kappa shape index (κ3) is 5.07. The summed E-state index contributed by atoms with van der Waals surface area (Å²) in [6.07, 6.45) is 1.07. The van der Waals surface area contributed by atoms with Crippen LogP contribution in [0.5, 0.6) is 0 Å². The average Bonchev–Trinajstić information content (AvgIpc) is 2.57. The highest BCUT2D eigenvalue weighted by Crippen LogP contribution is 2.24. The van der Waals surface area contributed by atoms with E-state index in [0.29, 0.717) is 11.6 Å². The summed E-state index contributed by atoms with van der Waals surface area (Å²) < 4.78 is 0. The molecule has 0 radical (unpaired) electrons. The van der Waals surface area contributed by atoms with E-state index in [0.717, 1.165) is 28.9 Å². The lowest BCUT2D eigenvalue weighted by Gasteiger charge is -2.23. The molecule has 0 fully saturated rings. The number of para-hydroxylation sites is 1. The summed E-state index contributed by atoms with van der Waals surface area (Å²) in [5, 5.41) is 3.56. The monoisotopic (exact) mass is 358 g/mol. The number of carbonyl (C=O) groups is 2. The molecule has 0 heterocycles.